The summed E-state index contributed by atoms with van der Waals surface area (Å²) in [4.78, 5) is 16.5. The first-order valence-electron chi connectivity index (χ1n) is 8.38. The van der Waals surface area contributed by atoms with Crippen molar-refractivity contribution in [2.45, 2.75) is 19.8 Å². The standard InChI is InChI=1S/C21H17N3OS/c1-12-4-6-15-16-7-5-13(10-14-3-2-8-26-14)19(17(11-22)21(23)25)20(16)24-18(15)9-12/h2-4,6,8-10,24H,5,7H2,1H3,(H2,23,25)/b13-10+,19-17-. The Morgan fingerprint density at radius 1 is 1.35 bits per heavy atom. The smallest absolute Gasteiger partial charge is 0.260 e. The lowest BCUT2D eigenvalue weighted by molar-refractivity contribution is -0.114. The molecule has 0 unspecified atom stereocenters. The molecule has 4 rings (SSSR count). The Bertz CT molecular complexity index is 1120. The highest BCUT2D eigenvalue weighted by Gasteiger charge is 2.27. The third kappa shape index (κ3) is 2.65. The third-order valence-electron chi connectivity index (χ3n) is 4.74. The van der Waals surface area contributed by atoms with E-state index >= 15 is 0 Å². The van der Waals surface area contributed by atoms with Crippen LogP contribution in [-0.4, -0.2) is 10.9 Å². The molecule has 3 aromatic rings. The summed E-state index contributed by atoms with van der Waals surface area (Å²) in [5.41, 5.74) is 11.3. The fourth-order valence-corrected chi connectivity index (χ4v) is 4.28. The van der Waals surface area contributed by atoms with E-state index in [1.807, 2.05) is 30.5 Å². The van der Waals surface area contributed by atoms with E-state index in [1.54, 1.807) is 11.3 Å². The SMILES string of the molecule is Cc1ccc2c3c([nH]c2c1)C(=C(/C#N)C(N)=O)/C(=C/c1cccs1)CC3. The van der Waals surface area contributed by atoms with E-state index in [-0.39, 0.29) is 5.57 Å². The number of nitrogens with zero attached hydrogens (tertiary/aromatic N) is 1. The van der Waals surface area contributed by atoms with Crippen LogP contribution in [0.3, 0.4) is 0 Å². The quantitative estimate of drug-likeness (QED) is 0.527. The Hall–Kier alpha value is -3.10. The summed E-state index contributed by atoms with van der Waals surface area (Å²) < 4.78 is 0. The lowest BCUT2D eigenvalue weighted by atomic mass is 9.84. The van der Waals surface area contributed by atoms with Crippen LogP contribution in [0.15, 0.2) is 46.9 Å². The lowest BCUT2D eigenvalue weighted by Crippen LogP contribution is -2.17. The van der Waals surface area contributed by atoms with E-state index in [9.17, 15) is 10.1 Å². The number of carbonyl (C=O) groups excluding carboxylic acids is 1. The molecule has 3 N–H and O–H groups in total. The average molecular weight is 359 g/mol. The van der Waals surface area contributed by atoms with E-state index in [4.69, 9.17) is 5.73 Å². The molecule has 0 bridgehead atoms. The zero-order valence-electron chi connectivity index (χ0n) is 14.3. The van der Waals surface area contributed by atoms with Gasteiger partial charge in [0.2, 0.25) is 0 Å². The van der Waals surface area contributed by atoms with E-state index in [0.717, 1.165) is 51.0 Å². The first-order valence-corrected chi connectivity index (χ1v) is 9.26. The fourth-order valence-electron chi connectivity index (χ4n) is 3.60. The van der Waals surface area contributed by atoms with E-state index < -0.39 is 5.91 Å². The number of H-pyrrole nitrogens is 1. The van der Waals surface area contributed by atoms with E-state index in [1.165, 1.54) is 0 Å². The number of aromatic amines is 1. The van der Waals surface area contributed by atoms with Crippen molar-refractivity contribution in [1.82, 2.24) is 4.98 Å². The molecule has 0 fully saturated rings. The Labute approximate surface area is 155 Å². The highest BCUT2D eigenvalue weighted by atomic mass is 32.1. The van der Waals surface area contributed by atoms with Crippen LogP contribution in [0.1, 0.15) is 28.1 Å². The fraction of sp³-hybridized carbons (Fsp3) is 0.143. The Morgan fingerprint density at radius 3 is 2.88 bits per heavy atom. The summed E-state index contributed by atoms with van der Waals surface area (Å²) in [6.07, 6.45) is 3.68. The predicted molar refractivity (Wildman–Crippen MR) is 105 cm³/mol. The zero-order valence-corrected chi connectivity index (χ0v) is 15.1. The number of thiophene rings is 1. The minimum absolute atomic E-state index is 0.0111. The number of carbonyl (C=O) groups is 1. The molecule has 26 heavy (non-hydrogen) atoms. The van der Waals surface area contributed by atoms with Crippen LogP contribution in [-0.2, 0) is 11.2 Å². The number of rotatable bonds is 2. The van der Waals surface area contributed by atoms with Crippen molar-refractivity contribution in [3.63, 3.8) is 0 Å². The average Bonchev–Trinajstić information content (AvgIpc) is 3.23. The number of primary amides is 1. The van der Waals surface area contributed by atoms with Crippen molar-refractivity contribution in [2.75, 3.05) is 0 Å². The van der Waals surface area contributed by atoms with Crippen molar-refractivity contribution in [1.29, 1.82) is 5.26 Å². The van der Waals surface area contributed by atoms with Gasteiger partial charge in [0.25, 0.3) is 5.91 Å². The molecule has 0 saturated heterocycles. The molecule has 0 spiro atoms. The number of fused-ring (bicyclic) bond motifs is 3. The van der Waals surface area contributed by atoms with Crippen molar-refractivity contribution in [2.24, 2.45) is 5.73 Å². The molecule has 1 amide bonds. The number of allylic oxidation sites excluding steroid dienone is 2. The van der Waals surface area contributed by atoms with Crippen LogP contribution in [0.5, 0.6) is 0 Å². The van der Waals surface area contributed by atoms with Gasteiger partial charge in [-0.25, -0.2) is 0 Å². The van der Waals surface area contributed by atoms with Gasteiger partial charge in [-0.15, -0.1) is 11.3 Å². The molecule has 128 valence electrons. The maximum atomic E-state index is 12.0. The first-order chi connectivity index (χ1) is 12.6. The van der Waals surface area contributed by atoms with Gasteiger partial charge in [-0.3, -0.25) is 4.79 Å². The number of nitriles is 1. The maximum absolute atomic E-state index is 12.0. The van der Waals surface area contributed by atoms with Gasteiger partial charge in [-0.1, -0.05) is 18.2 Å². The van der Waals surface area contributed by atoms with Gasteiger partial charge in [0, 0.05) is 21.4 Å². The predicted octanol–water partition coefficient (Wildman–Crippen LogP) is 4.33. The maximum Gasteiger partial charge on any atom is 0.260 e. The van der Waals surface area contributed by atoms with Gasteiger partial charge in [0.1, 0.15) is 11.6 Å². The minimum atomic E-state index is -0.692. The highest BCUT2D eigenvalue weighted by molar-refractivity contribution is 7.10. The monoisotopic (exact) mass is 359 g/mol. The van der Waals surface area contributed by atoms with E-state index in [0.29, 0.717) is 5.57 Å². The van der Waals surface area contributed by atoms with Crippen molar-refractivity contribution in [3.05, 3.63) is 68.6 Å². The second-order valence-corrected chi connectivity index (χ2v) is 7.42. The summed E-state index contributed by atoms with van der Waals surface area (Å²) in [5, 5.41) is 12.7. The van der Waals surface area contributed by atoms with Gasteiger partial charge >= 0.3 is 0 Å². The van der Waals surface area contributed by atoms with Crippen LogP contribution < -0.4 is 5.73 Å². The molecule has 1 aliphatic rings. The number of aromatic nitrogens is 1. The van der Waals surface area contributed by atoms with Gasteiger partial charge in [-0.2, -0.15) is 5.26 Å². The molecular weight excluding hydrogens is 342 g/mol. The number of hydrogen-bond donors (Lipinski definition) is 2. The molecule has 2 aromatic heterocycles. The number of hydrogen-bond acceptors (Lipinski definition) is 3. The first kappa shape index (κ1) is 16.4. The number of amides is 1. The van der Waals surface area contributed by atoms with Crippen molar-refractivity contribution < 1.29 is 4.79 Å². The number of benzene rings is 1. The van der Waals surface area contributed by atoms with Gasteiger partial charge in [0.15, 0.2) is 0 Å². The van der Waals surface area contributed by atoms with Gasteiger partial charge < -0.3 is 10.7 Å². The molecule has 0 aliphatic heterocycles. The topological polar surface area (TPSA) is 82.7 Å². The van der Waals surface area contributed by atoms with Crippen LogP contribution in [0.4, 0.5) is 0 Å². The zero-order chi connectivity index (χ0) is 18.3. The summed E-state index contributed by atoms with van der Waals surface area (Å²) in [6.45, 7) is 2.04. The molecule has 5 heteroatoms. The molecule has 0 radical (unpaired) electrons. The summed E-state index contributed by atoms with van der Waals surface area (Å²) in [5.74, 6) is -0.692. The van der Waals surface area contributed by atoms with Gasteiger partial charge in [0.05, 0.1) is 5.69 Å². The highest BCUT2D eigenvalue weighted by Crippen LogP contribution is 2.41. The molecule has 4 nitrogen and oxygen atoms in total. The van der Waals surface area contributed by atoms with Gasteiger partial charge in [-0.05, 0) is 60.1 Å². The molecule has 0 atom stereocenters. The van der Waals surface area contributed by atoms with Crippen molar-refractivity contribution in [3.8, 4) is 6.07 Å². The second-order valence-electron chi connectivity index (χ2n) is 6.44. The number of aryl methyl sites for hydroxylation is 2. The molecule has 1 aromatic carbocycles. The number of nitrogens with one attached hydrogen (secondary N) is 1. The summed E-state index contributed by atoms with van der Waals surface area (Å²) >= 11 is 1.63. The van der Waals surface area contributed by atoms with Crippen molar-refractivity contribution >= 4 is 39.8 Å². The molecule has 0 saturated carbocycles. The molecular formula is C21H17N3OS. The van der Waals surface area contributed by atoms with Crippen LogP contribution in [0.2, 0.25) is 0 Å². The second kappa shape index (κ2) is 6.32. The molecule has 1 aliphatic carbocycles. The Balaban J connectivity index is 2.02. The minimum Gasteiger partial charge on any atom is -0.365 e. The lowest BCUT2D eigenvalue weighted by Gasteiger charge is -2.20. The molecule has 2 heterocycles. The third-order valence-corrected chi connectivity index (χ3v) is 5.56. The number of nitrogens with two attached hydrogens (primary N) is 1. The normalized spacial score (nSPS) is 17.2. The Kier molecular flexibility index (Phi) is 3.98. The largest absolute Gasteiger partial charge is 0.365 e. The van der Waals surface area contributed by atoms with Crippen LogP contribution in [0.25, 0.3) is 22.6 Å². The summed E-state index contributed by atoms with van der Waals surface area (Å²) in [6, 6.07) is 12.3. The van der Waals surface area contributed by atoms with Crippen LogP contribution >= 0.6 is 11.3 Å². The summed E-state index contributed by atoms with van der Waals surface area (Å²) in [7, 11) is 0. The Morgan fingerprint density at radius 2 is 2.19 bits per heavy atom. The van der Waals surface area contributed by atoms with Crippen LogP contribution in [0, 0.1) is 18.3 Å². The van der Waals surface area contributed by atoms with E-state index in [2.05, 4.69) is 29.3 Å².